The second-order valence-corrected chi connectivity index (χ2v) is 3.95. The number of carbonyl (C=O) groups is 1. The first-order valence-electron chi connectivity index (χ1n) is 5.07. The maximum absolute atomic E-state index is 10.9. The van der Waals surface area contributed by atoms with E-state index in [1.54, 1.807) is 19.1 Å². The van der Waals surface area contributed by atoms with Crippen LogP contribution in [0.15, 0.2) is 24.3 Å². The third kappa shape index (κ3) is 4.64. The molecule has 0 saturated carbocycles. The number of aliphatic hydroxyl groups excluding tert-OH is 1. The van der Waals surface area contributed by atoms with Gasteiger partial charge in [0, 0.05) is 6.42 Å². The fourth-order valence-corrected chi connectivity index (χ4v) is 1.32. The van der Waals surface area contributed by atoms with Gasteiger partial charge in [0.1, 0.15) is 24.2 Å². The lowest BCUT2D eigenvalue weighted by Crippen LogP contribution is -2.18. The molecule has 4 heteroatoms. The van der Waals surface area contributed by atoms with Gasteiger partial charge in [-0.3, -0.25) is 4.79 Å². The number of ketones is 1. The molecule has 1 N–H and O–H groups in total. The van der Waals surface area contributed by atoms with Crippen molar-refractivity contribution in [3.05, 3.63) is 29.8 Å². The van der Waals surface area contributed by atoms with Crippen LogP contribution < -0.4 is 4.74 Å². The molecule has 0 fully saturated rings. The number of ether oxygens (including phenoxy) is 1. The number of alkyl halides is 1. The molecule has 0 bridgehead atoms. The molecule has 3 nitrogen and oxygen atoms in total. The molecule has 0 aliphatic carbocycles. The van der Waals surface area contributed by atoms with Crippen molar-refractivity contribution in [2.75, 3.05) is 12.5 Å². The molecule has 1 unspecified atom stereocenters. The lowest BCUT2D eigenvalue weighted by molar-refractivity contribution is -0.116. The quantitative estimate of drug-likeness (QED) is 0.774. The largest absolute Gasteiger partial charge is 0.491 e. The van der Waals surface area contributed by atoms with E-state index in [0.29, 0.717) is 12.2 Å². The minimum atomic E-state index is -0.654. The van der Waals surface area contributed by atoms with Gasteiger partial charge in [-0.1, -0.05) is 12.1 Å². The fraction of sp³-hybridized carbons (Fsp3) is 0.417. The molecule has 0 heterocycles. The molecule has 1 aromatic carbocycles. The van der Waals surface area contributed by atoms with E-state index in [1.807, 2.05) is 12.1 Å². The van der Waals surface area contributed by atoms with Crippen LogP contribution in [0.25, 0.3) is 0 Å². The number of rotatable bonds is 6. The van der Waals surface area contributed by atoms with Gasteiger partial charge >= 0.3 is 0 Å². The highest BCUT2D eigenvalue weighted by Gasteiger charge is 2.03. The summed E-state index contributed by atoms with van der Waals surface area (Å²) in [7, 11) is 0. The summed E-state index contributed by atoms with van der Waals surface area (Å²) in [6, 6.07) is 7.23. The number of hydrogen-bond donors (Lipinski definition) is 1. The van der Waals surface area contributed by atoms with Crippen LogP contribution in [-0.4, -0.2) is 29.5 Å². The second-order valence-electron chi connectivity index (χ2n) is 3.64. The maximum atomic E-state index is 10.9. The Kier molecular flexibility index (Phi) is 5.29. The summed E-state index contributed by atoms with van der Waals surface area (Å²) in [5.41, 5.74) is 0.956. The Labute approximate surface area is 100.0 Å². The molecule has 0 aromatic heterocycles. The zero-order valence-corrected chi connectivity index (χ0v) is 9.91. The van der Waals surface area contributed by atoms with Crippen LogP contribution in [0.4, 0.5) is 0 Å². The zero-order valence-electron chi connectivity index (χ0n) is 9.15. The van der Waals surface area contributed by atoms with Crippen molar-refractivity contribution >= 4 is 17.4 Å². The van der Waals surface area contributed by atoms with Gasteiger partial charge in [0.15, 0.2) is 0 Å². The summed E-state index contributed by atoms with van der Waals surface area (Å²) in [6.45, 7) is 1.73. The minimum absolute atomic E-state index is 0.131. The Morgan fingerprint density at radius 3 is 2.56 bits per heavy atom. The number of aliphatic hydroxyl groups is 1. The minimum Gasteiger partial charge on any atom is -0.491 e. The highest BCUT2D eigenvalue weighted by atomic mass is 35.5. The predicted octanol–water partition coefficient (Wildman–Crippen LogP) is 1.80. The van der Waals surface area contributed by atoms with Crippen molar-refractivity contribution in [3.63, 3.8) is 0 Å². The zero-order chi connectivity index (χ0) is 12.0. The number of carbonyl (C=O) groups excluding carboxylic acids is 1. The third-order valence-corrected chi connectivity index (χ3v) is 2.35. The highest BCUT2D eigenvalue weighted by molar-refractivity contribution is 6.18. The average Bonchev–Trinajstić information content (AvgIpc) is 2.27. The van der Waals surface area contributed by atoms with Crippen molar-refractivity contribution in [2.45, 2.75) is 19.4 Å². The Morgan fingerprint density at radius 2 is 2.06 bits per heavy atom. The first-order valence-corrected chi connectivity index (χ1v) is 5.60. The Morgan fingerprint density at radius 1 is 1.44 bits per heavy atom. The van der Waals surface area contributed by atoms with Crippen molar-refractivity contribution < 1.29 is 14.6 Å². The van der Waals surface area contributed by atoms with Gasteiger partial charge in [0.25, 0.3) is 0 Å². The van der Waals surface area contributed by atoms with Crippen LogP contribution in [0.1, 0.15) is 12.5 Å². The van der Waals surface area contributed by atoms with Gasteiger partial charge in [-0.05, 0) is 24.6 Å². The first kappa shape index (κ1) is 13.0. The van der Waals surface area contributed by atoms with E-state index >= 15 is 0 Å². The number of hydrogen-bond acceptors (Lipinski definition) is 3. The number of halogens is 1. The van der Waals surface area contributed by atoms with E-state index in [4.69, 9.17) is 16.3 Å². The van der Waals surface area contributed by atoms with E-state index in [9.17, 15) is 9.90 Å². The van der Waals surface area contributed by atoms with Gasteiger partial charge in [0.05, 0.1) is 5.88 Å². The third-order valence-electron chi connectivity index (χ3n) is 2.00. The number of Topliss-reactive ketones (excluding diaryl/α,β-unsaturated/α-hetero) is 1. The molecule has 0 saturated heterocycles. The summed E-state index contributed by atoms with van der Waals surface area (Å²) in [6.07, 6.45) is -0.219. The second kappa shape index (κ2) is 6.51. The van der Waals surface area contributed by atoms with Crippen LogP contribution in [-0.2, 0) is 11.2 Å². The van der Waals surface area contributed by atoms with E-state index < -0.39 is 6.10 Å². The normalized spacial score (nSPS) is 12.2. The van der Waals surface area contributed by atoms with Crippen molar-refractivity contribution in [1.82, 2.24) is 0 Å². The molecule has 88 valence electrons. The van der Waals surface area contributed by atoms with Crippen LogP contribution in [0.3, 0.4) is 0 Å². The molecule has 0 aliphatic rings. The molecule has 0 radical (unpaired) electrons. The number of benzene rings is 1. The Bertz CT molecular complexity index is 335. The van der Waals surface area contributed by atoms with Crippen LogP contribution in [0, 0.1) is 0 Å². The van der Waals surface area contributed by atoms with Crippen molar-refractivity contribution in [3.8, 4) is 5.75 Å². The predicted molar refractivity (Wildman–Crippen MR) is 63.0 cm³/mol. The molecule has 0 spiro atoms. The Balaban J connectivity index is 2.48. The topological polar surface area (TPSA) is 46.5 Å². The molecular formula is C12H15ClO3. The summed E-state index contributed by atoms with van der Waals surface area (Å²) in [4.78, 5) is 10.9. The van der Waals surface area contributed by atoms with Crippen molar-refractivity contribution in [1.29, 1.82) is 0 Å². The summed E-state index contributed by atoms with van der Waals surface area (Å²) in [5, 5.41) is 9.19. The molecular weight excluding hydrogens is 228 g/mol. The SMILES string of the molecule is CC(=O)Cc1ccc(OCC(O)CCl)cc1. The molecule has 16 heavy (non-hydrogen) atoms. The highest BCUT2D eigenvalue weighted by Crippen LogP contribution is 2.13. The summed E-state index contributed by atoms with van der Waals surface area (Å²) in [5.74, 6) is 0.949. The Hall–Kier alpha value is -1.06. The van der Waals surface area contributed by atoms with Crippen LogP contribution in [0.5, 0.6) is 5.75 Å². The van der Waals surface area contributed by atoms with Crippen LogP contribution >= 0.6 is 11.6 Å². The average molecular weight is 243 g/mol. The molecule has 0 amide bonds. The van der Waals surface area contributed by atoms with Gasteiger partial charge < -0.3 is 9.84 Å². The monoisotopic (exact) mass is 242 g/mol. The van der Waals surface area contributed by atoms with E-state index in [2.05, 4.69) is 0 Å². The fourth-order valence-electron chi connectivity index (χ4n) is 1.23. The van der Waals surface area contributed by atoms with Gasteiger partial charge in [-0.15, -0.1) is 11.6 Å². The maximum Gasteiger partial charge on any atom is 0.134 e. The van der Waals surface area contributed by atoms with E-state index in [0.717, 1.165) is 5.56 Å². The molecule has 1 rings (SSSR count). The van der Waals surface area contributed by atoms with Crippen molar-refractivity contribution in [2.24, 2.45) is 0 Å². The van der Waals surface area contributed by atoms with Gasteiger partial charge in [-0.2, -0.15) is 0 Å². The smallest absolute Gasteiger partial charge is 0.134 e. The van der Waals surface area contributed by atoms with E-state index in [1.165, 1.54) is 0 Å². The lowest BCUT2D eigenvalue weighted by Gasteiger charge is -2.09. The molecule has 1 atom stereocenters. The van der Waals surface area contributed by atoms with Gasteiger partial charge in [-0.25, -0.2) is 0 Å². The summed E-state index contributed by atoms with van der Waals surface area (Å²) < 4.78 is 5.30. The molecule has 1 aromatic rings. The standard InChI is InChI=1S/C12H15ClO3/c1-9(14)6-10-2-4-12(5-3-10)16-8-11(15)7-13/h2-5,11,15H,6-8H2,1H3. The van der Waals surface area contributed by atoms with Crippen LogP contribution in [0.2, 0.25) is 0 Å². The van der Waals surface area contributed by atoms with Gasteiger partial charge in [0.2, 0.25) is 0 Å². The lowest BCUT2D eigenvalue weighted by atomic mass is 10.1. The molecule has 0 aliphatic heterocycles. The van der Waals surface area contributed by atoms with E-state index in [-0.39, 0.29) is 18.3 Å². The summed E-state index contributed by atoms with van der Waals surface area (Å²) >= 11 is 5.43. The first-order chi connectivity index (χ1) is 7.61.